The van der Waals surface area contributed by atoms with Crippen molar-refractivity contribution >= 4 is 13.9 Å². The predicted octanol–water partition coefficient (Wildman–Crippen LogP) is 1.49. The first kappa shape index (κ1) is 19.6. The van der Waals surface area contributed by atoms with Crippen LogP contribution < -0.4 is 5.32 Å². The van der Waals surface area contributed by atoms with Gasteiger partial charge in [0.05, 0.1) is 19.3 Å². The molecule has 0 spiro atoms. The third-order valence-corrected chi connectivity index (χ3v) is 5.63. The Balaban J connectivity index is 1.91. The lowest BCUT2D eigenvalue weighted by atomic mass is 9.96. The van der Waals surface area contributed by atoms with Gasteiger partial charge in [-0.3, -0.25) is 18.5 Å². The minimum atomic E-state index is -4.24. The Bertz CT molecular complexity index is 664. The number of rotatable bonds is 4. The summed E-state index contributed by atoms with van der Waals surface area (Å²) >= 11 is 0. The van der Waals surface area contributed by atoms with Crippen LogP contribution in [0.15, 0.2) is 12.0 Å². The van der Waals surface area contributed by atoms with Crippen LogP contribution in [0.1, 0.15) is 13.8 Å². The lowest BCUT2D eigenvalue weighted by Gasteiger charge is -2.39. The monoisotopic (exact) mass is 402 g/mol. The molecule has 2 amide bonds. The Labute approximate surface area is 146 Å². The molecule has 0 bridgehead atoms. The molecule has 0 aliphatic carbocycles. The SMILES string of the molecule is CC(C)OP1(=O)OCC2(C(F)F)OC(N3C=C(F)CNC3=O)C(O)C2O1. The number of amides is 2. The van der Waals surface area contributed by atoms with Crippen molar-refractivity contribution in [2.24, 2.45) is 0 Å². The molecular formula is C13H18F3N2O7P. The number of nitrogens with one attached hydrogen (secondary N) is 1. The van der Waals surface area contributed by atoms with Gasteiger partial charge in [-0.1, -0.05) is 0 Å². The number of halogens is 3. The molecule has 3 heterocycles. The maximum atomic E-state index is 13.7. The topological polar surface area (TPSA) is 107 Å². The molecule has 0 saturated carbocycles. The molecule has 2 fully saturated rings. The van der Waals surface area contributed by atoms with E-state index < -0.39 is 62.9 Å². The molecule has 0 aromatic carbocycles. The first-order valence-electron chi connectivity index (χ1n) is 7.76. The van der Waals surface area contributed by atoms with Gasteiger partial charge in [-0.15, -0.1) is 0 Å². The van der Waals surface area contributed by atoms with Crippen LogP contribution in [0, 0.1) is 0 Å². The smallest absolute Gasteiger partial charge is 0.386 e. The number of alkyl halides is 2. The quantitative estimate of drug-likeness (QED) is 0.687. The van der Waals surface area contributed by atoms with E-state index in [4.69, 9.17) is 18.3 Å². The van der Waals surface area contributed by atoms with E-state index in [0.29, 0.717) is 4.90 Å². The molecule has 0 aromatic rings. The fraction of sp³-hybridized carbons (Fsp3) is 0.769. The predicted molar refractivity (Wildman–Crippen MR) is 78.7 cm³/mol. The van der Waals surface area contributed by atoms with Crippen LogP contribution in [0.25, 0.3) is 0 Å². The van der Waals surface area contributed by atoms with E-state index in [-0.39, 0.29) is 6.54 Å². The van der Waals surface area contributed by atoms with Gasteiger partial charge >= 0.3 is 13.9 Å². The van der Waals surface area contributed by atoms with E-state index in [0.717, 1.165) is 6.20 Å². The first-order valence-corrected chi connectivity index (χ1v) is 9.22. The minimum Gasteiger partial charge on any atom is -0.386 e. The molecule has 13 heteroatoms. The summed E-state index contributed by atoms with van der Waals surface area (Å²) in [7, 11) is -4.24. The van der Waals surface area contributed by atoms with E-state index in [1.165, 1.54) is 13.8 Å². The van der Waals surface area contributed by atoms with Crippen LogP contribution in [0.4, 0.5) is 18.0 Å². The Morgan fingerprint density at radius 2 is 2.19 bits per heavy atom. The van der Waals surface area contributed by atoms with Gasteiger partial charge in [0.25, 0.3) is 6.43 Å². The Kier molecular flexibility index (Phi) is 5.10. The van der Waals surface area contributed by atoms with Crippen molar-refractivity contribution in [3.8, 4) is 0 Å². The van der Waals surface area contributed by atoms with Crippen molar-refractivity contribution in [1.29, 1.82) is 0 Å². The van der Waals surface area contributed by atoms with Gasteiger partial charge in [0, 0.05) is 6.20 Å². The maximum Gasteiger partial charge on any atom is 0.475 e. The second-order valence-electron chi connectivity index (χ2n) is 6.30. The fourth-order valence-corrected chi connectivity index (χ4v) is 4.52. The van der Waals surface area contributed by atoms with Crippen molar-refractivity contribution in [1.82, 2.24) is 10.2 Å². The van der Waals surface area contributed by atoms with Crippen LogP contribution in [-0.4, -0.2) is 65.8 Å². The molecule has 3 aliphatic rings. The number of nitrogens with zero attached hydrogens (tertiary/aromatic N) is 1. The second-order valence-corrected chi connectivity index (χ2v) is 7.87. The highest BCUT2D eigenvalue weighted by atomic mass is 31.2. The van der Waals surface area contributed by atoms with Gasteiger partial charge in [0.2, 0.25) is 0 Å². The molecule has 0 aromatic heterocycles. The highest BCUT2D eigenvalue weighted by Crippen LogP contribution is 2.60. The summed E-state index contributed by atoms with van der Waals surface area (Å²) in [5.41, 5.74) is -2.50. The lowest BCUT2D eigenvalue weighted by Crippen LogP contribution is -2.56. The number of phosphoric ester groups is 1. The van der Waals surface area contributed by atoms with E-state index in [2.05, 4.69) is 5.32 Å². The molecular weight excluding hydrogens is 384 g/mol. The number of hydrogen-bond donors (Lipinski definition) is 2. The van der Waals surface area contributed by atoms with Crippen LogP contribution >= 0.6 is 7.82 Å². The zero-order chi connectivity index (χ0) is 19.3. The molecule has 5 unspecified atom stereocenters. The number of ether oxygens (including phenoxy) is 1. The summed E-state index contributed by atoms with van der Waals surface area (Å²) in [4.78, 5) is 12.5. The van der Waals surface area contributed by atoms with Crippen LogP contribution in [0.3, 0.4) is 0 Å². The zero-order valence-electron chi connectivity index (χ0n) is 13.8. The molecule has 5 atom stereocenters. The Morgan fingerprint density at radius 3 is 2.81 bits per heavy atom. The van der Waals surface area contributed by atoms with Crippen molar-refractivity contribution in [3.63, 3.8) is 0 Å². The van der Waals surface area contributed by atoms with Crippen molar-refractivity contribution < 1.29 is 45.9 Å². The molecule has 3 rings (SSSR count). The van der Waals surface area contributed by atoms with Gasteiger partial charge in [-0.25, -0.2) is 22.5 Å². The molecule has 9 nitrogen and oxygen atoms in total. The number of urea groups is 1. The van der Waals surface area contributed by atoms with Crippen LogP contribution in [0.2, 0.25) is 0 Å². The summed E-state index contributed by atoms with van der Waals surface area (Å²) in [6.07, 6.45) is -8.48. The molecule has 3 aliphatic heterocycles. The number of aliphatic hydroxyl groups is 1. The van der Waals surface area contributed by atoms with Gasteiger partial charge in [0.1, 0.15) is 18.0 Å². The van der Waals surface area contributed by atoms with E-state index in [1.54, 1.807) is 0 Å². The summed E-state index contributed by atoms with van der Waals surface area (Å²) in [5, 5.41) is 12.6. The fourth-order valence-electron chi connectivity index (χ4n) is 2.89. The maximum absolute atomic E-state index is 13.7. The Hall–Kier alpha value is -1.17. The third kappa shape index (κ3) is 3.25. The van der Waals surface area contributed by atoms with Gasteiger partial charge in [0.15, 0.2) is 11.8 Å². The summed E-state index contributed by atoms with van der Waals surface area (Å²) in [6.45, 7) is 1.77. The average Bonchev–Trinajstić information content (AvgIpc) is 2.83. The van der Waals surface area contributed by atoms with E-state index >= 15 is 0 Å². The van der Waals surface area contributed by atoms with Crippen molar-refractivity contribution in [3.05, 3.63) is 12.0 Å². The zero-order valence-corrected chi connectivity index (χ0v) is 14.7. The number of aliphatic hydroxyl groups excluding tert-OH is 1. The summed E-state index contributed by atoms with van der Waals surface area (Å²) < 4.78 is 73.5. The second kappa shape index (κ2) is 6.77. The number of phosphoric acid groups is 1. The first-order chi connectivity index (χ1) is 12.1. The van der Waals surface area contributed by atoms with Gasteiger partial charge in [-0.05, 0) is 13.8 Å². The molecule has 0 radical (unpaired) electrons. The number of hydrogen-bond acceptors (Lipinski definition) is 7. The Morgan fingerprint density at radius 1 is 1.50 bits per heavy atom. The number of carbonyl (C=O) groups excluding carboxylic acids is 1. The lowest BCUT2D eigenvalue weighted by molar-refractivity contribution is -0.209. The minimum absolute atomic E-state index is 0.376. The molecule has 26 heavy (non-hydrogen) atoms. The van der Waals surface area contributed by atoms with Gasteiger partial charge < -0.3 is 15.2 Å². The van der Waals surface area contributed by atoms with Crippen molar-refractivity contribution in [2.75, 3.05) is 13.2 Å². The standard InChI is InChI=1S/C13H18F3N2O7P/c1-6(2)24-26(21)22-5-13(11(15)16)9(25-26)8(19)10(23-13)18-4-7(14)3-17-12(18)20/h4,6,8-11,19H,3,5H2,1-2H3,(H,17,20). The number of carbonyl (C=O) groups is 1. The van der Waals surface area contributed by atoms with Crippen LogP contribution in [0.5, 0.6) is 0 Å². The van der Waals surface area contributed by atoms with E-state index in [1.807, 2.05) is 0 Å². The highest BCUT2D eigenvalue weighted by molar-refractivity contribution is 7.48. The normalized spacial score (nSPS) is 40.6. The van der Waals surface area contributed by atoms with E-state index in [9.17, 15) is 27.6 Å². The highest BCUT2D eigenvalue weighted by Gasteiger charge is 2.68. The third-order valence-electron chi connectivity index (χ3n) is 4.02. The van der Waals surface area contributed by atoms with Crippen molar-refractivity contribution in [2.45, 2.75) is 50.4 Å². The summed E-state index contributed by atoms with van der Waals surface area (Å²) in [5.74, 6) is -0.771. The summed E-state index contributed by atoms with van der Waals surface area (Å²) in [6, 6.07) is -0.860. The molecule has 2 N–H and O–H groups in total. The average molecular weight is 402 g/mol. The van der Waals surface area contributed by atoms with Gasteiger partial charge in [-0.2, -0.15) is 0 Å². The molecule has 2 saturated heterocycles. The van der Waals surface area contributed by atoms with Crippen LogP contribution in [-0.2, 0) is 22.9 Å². The number of fused-ring (bicyclic) bond motifs is 1. The molecule has 148 valence electrons. The largest absolute Gasteiger partial charge is 0.475 e.